The zero-order valence-corrected chi connectivity index (χ0v) is 21.0. The molecule has 1 heterocycles. The van der Waals surface area contributed by atoms with Gasteiger partial charge < -0.3 is 24.1 Å². The standard InChI is InChI=1S/C18H13N2O5.C5H12O2.Ir/c1-11(21)23-15-7-3-13(4-8-15)17-19-20-18(25-17)14-5-9-16(10-6-14)24-12(2)22;1-4(6)3-5(2)7;/h3-5,7-10H,1-2H3;4-7H,3H2,1-2H3;/q-1;;. The first-order chi connectivity index (χ1) is 15.1. The zero-order valence-electron chi connectivity index (χ0n) is 18.6. The van der Waals surface area contributed by atoms with Gasteiger partial charge in [0.25, 0.3) is 5.97 Å². The van der Waals surface area contributed by atoms with Gasteiger partial charge in [-0.3, -0.25) is 9.59 Å². The van der Waals surface area contributed by atoms with Crippen molar-refractivity contribution in [3.63, 3.8) is 0 Å². The minimum Gasteiger partial charge on any atom is -0.475 e. The van der Waals surface area contributed by atoms with E-state index in [9.17, 15) is 9.59 Å². The fourth-order valence-corrected chi connectivity index (χ4v) is 2.55. The summed E-state index contributed by atoms with van der Waals surface area (Å²) in [4.78, 5) is 21.8. The van der Waals surface area contributed by atoms with Crippen molar-refractivity contribution in [3.8, 4) is 34.4 Å². The summed E-state index contributed by atoms with van der Waals surface area (Å²) in [7, 11) is 0. The molecule has 33 heavy (non-hydrogen) atoms. The van der Waals surface area contributed by atoms with Gasteiger partial charge in [0.15, 0.2) is 5.89 Å². The van der Waals surface area contributed by atoms with E-state index in [0.29, 0.717) is 34.9 Å². The van der Waals surface area contributed by atoms with Crippen molar-refractivity contribution < 1.29 is 53.8 Å². The van der Waals surface area contributed by atoms with E-state index >= 15 is 0 Å². The zero-order chi connectivity index (χ0) is 23.7. The molecule has 0 amide bonds. The van der Waals surface area contributed by atoms with Crippen LogP contribution in [0.3, 0.4) is 0 Å². The summed E-state index contributed by atoms with van der Waals surface area (Å²) in [6.45, 7) is 5.98. The van der Waals surface area contributed by atoms with Crippen LogP contribution in [0.15, 0.2) is 46.9 Å². The molecular weight excluding hydrogens is 608 g/mol. The Morgan fingerprint density at radius 1 is 0.909 bits per heavy atom. The first-order valence-electron chi connectivity index (χ1n) is 9.83. The molecule has 3 aromatic rings. The average molecular weight is 634 g/mol. The van der Waals surface area contributed by atoms with Crippen LogP contribution in [0.4, 0.5) is 0 Å². The Bertz CT molecular complexity index is 936. The molecule has 179 valence electrons. The molecular formula is C23H25IrN2O7-. The van der Waals surface area contributed by atoms with Gasteiger partial charge in [-0.15, -0.1) is 29.4 Å². The van der Waals surface area contributed by atoms with E-state index in [-0.39, 0.29) is 44.2 Å². The van der Waals surface area contributed by atoms with Crippen molar-refractivity contribution in [2.45, 2.75) is 46.3 Å². The van der Waals surface area contributed by atoms with Crippen LogP contribution in [0, 0.1) is 6.07 Å². The Morgan fingerprint density at radius 3 is 1.88 bits per heavy atom. The van der Waals surface area contributed by atoms with Crippen LogP contribution in [0.1, 0.15) is 34.1 Å². The molecule has 2 atom stereocenters. The van der Waals surface area contributed by atoms with Gasteiger partial charge in [0.2, 0.25) is 5.89 Å². The number of aliphatic hydroxyl groups excluding tert-OH is 2. The second kappa shape index (κ2) is 13.6. The number of aromatic nitrogens is 2. The van der Waals surface area contributed by atoms with E-state index in [0.717, 1.165) is 0 Å². The Kier molecular flexibility index (Phi) is 11.6. The predicted molar refractivity (Wildman–Crippen MR) is 115 cm³/mol. The van der Waals surface area contributed by atoms with Crippen LogP contribution in [0.5, 0.6) is 11.5 Å². The third-order valence-corrected chi connectivity index (χ3v) is 3.75. The summed E-state index contributed by atoms with van der Waals surface area (Å²) in [5, 5.41) is 25.1. The summed E-state index contributed by atoms with van der Waals surface area (Å²) in [5.74, 6) is 0.636. The minimum atomic E-state index is -0.404. The molecule has 2 N–H and O–H groups in total. The second-order valence-electron chi connectivity index (χ2n) is 7.00. The van der Waals surface area contributed by atoms with Crippen molar-refractivity contribution in [3.05, 3.63) is 48.5 Å². The Labute approximate surface area is 205 Å². The number of ether oxygens (including phenoxy) is 2. The largest absolute Gasteiger partial charge is 0.475 e. The number of benzene rings is 2. The fraction of sp³-hybridized carbons (Fsp3) is 0.304. The average Bonchev–Trinajstić information content (AvgIpc) is 3.18. The van der Waals surface area contributed by atoms with Gasteiger partial charge in [0, 0.05) is 45.3 Å². The molecule has 9 nitrogen and oxygen atoms in total. The van der Waals surface area contributed by atoms with E-state index in [1.165, 1.54) is 19.9 Å². The van der Waals surface area contributed by atoms with Gasteiger partial charge in [0.1, 0.15) is 5.75 Å². The maximum absolute atomic E-state index is 10.9. The third-order valence-electron chi connectivity index (χ3n) is 3.75. The molecule has 0 aliphatic carbocycles. The van der Waals surface area contributed by atoms with Gasteiger partial charge in [0.05, 0.1) is 12.2 Å². The van der Waals surface area contributed by atoms with Crippen molar-refractivity contribution in [2.24, 2.45) is 0 Å². The number of hydrogen-bond acceptors (Lipinski definition) is 9. The molecule has 0 spiro atoms. The van der Waals surface area contributed by atoms with Gasteiger partial charge in [-0.05, 0) is 44.5 Å². The van der Waals surface area contributed by atoms with Crippen molar-refractivity contribution >= 4 is 11.9 Å². The molecule has 2 unspecified atom stereocenters. The van der Waals surface area contributed by atoms with Crippen LogP contribution < -0.4 is 9.47 Å². The Balaban J connectivity index is 0.000000595. The molecule has 0 fully saturated rings. The molecule has 3 rings (SSSR count). The maximum atomic E-state index is 10.9. The van der Waals surface area contributed by atoms with Crippen LogP contribution in [0.2, 0.25) is 0 Å². The first-order valence-corrected chi connectivity index (χ1v) is 9.83. The SMILES string of the molecule is CC(=O)Oc1c[c-]c(-c2nnc(-c3ccc(OC(C)=O)cc3)o2)cc1.CC(O)CC(C)O.[Ir]. The van der Waals surface area contributed by atoms with E-state index in [2.05, 4.69) is 16.3 Å². The minimum absolute atomic E-state index is 0. The van der Waals surface area contributed by atoms with Gasteiger partial charge in [-0.1, -0.05) is 5.56 Å². The number of aliphatic hydroxyl groups is 2. The second-order valence-corrected chi connectivity index (χ2v) is 7.00. The molecule has 0 bridgehead atoms. The topological polar surface area (TPSA) is 132 Å². The molecule has 2 aromatic carbocycles. The Hall–Kier alpha value is -2.91. The number of esters is 2. The van der Waals surface area contributed by atoms with Gasteiger partial charge >= 0.3 is 5.97 Å². The van der Waals surface area contributed by atoms with Crippen LogP contribution in [0.25, 0.3) is 22.9 Å². The van der Waals surface area contributed by atoms with Gasteiger partial charge in [-0.2, -0.15) is 5.10 Å². The molecule has 1 aromatic heterocycles. The van der Waals surface area contributed by atoms with E-state index < -0.39 is 5.97 Å². The van der Waals surface area contributed by atoms with Gasteiger partial charge in [-0.25, -0.2) is 0 Å². The van der Waals surface area contributed by atoms with Crippen molar-refractivity contribution in [1.29, 1.82) is 0 Å². The van der Waals surface area contributed by atoms with E-state index in [4.69, 9.17) is 24.1 Å². The molecule has 0 aliphatic rings. The molecule has 0 saturated heterocycles. The number of carbonyl (C=O) groups is 2. The smallest absolute Gasteiger partial charge is 0.308 e. The van der Waals surface area contributed by atoms with Crippen LogP contribution in [-0.4, -0.2) is 44.6 Å². The summed E-state index contributed by atoms with van der Waals surface area (Å²) in [5.41, 5.74) is 1.26. The molecule has 1 radical (unpaired) electrons. The quantitative estimate of drug-likeness (QED) is 0.239. The van der Waals surface area contributed by atoms with Crippen molar-refractivity contribution in [2.75, 3.05) is 0 Å². The van der Waals surface area contributed by atoms with E-state index in [1.807, 2.05) is 0 Å². The first kappa shape index (κ1) is 28.1. The Morgan fingerprint density at radius 2 is 1.42 bits per heavy atom. The predicted octanol–water partition coefficient (Wildman–Crippen LogP) is 3.19. The summed E-state index contributed by atoms with van der Waals surface area (Å²) >= 11 is 0. The number of carbonyl (C=O) groups excluding carboxylic acids is 2. The number of rotatable bonds is 6. The molecule has 0 aliphatic heterocycles. The maximum Gasteiger partial charge on any atom is 0.308 e. The third kappa shape index (κ3) is 10.0. The number of nitrogens with zero attached hydrogens (tertiary/aromatic N) is 2. The summed E-state index contributed by atoms with van der Waals surface area (Å²) in [6, 6.07) is 14.4. The van der Waals surface area contributed by atoms with Crippen LogP contribution in [-0.2, 0) is 29.7 Å². The number of hydrogen-bond donors (Lipinski definition) is 2. The fourth-order valence-electron chi connectivity index (χ4n) is 2.55. The molecule has 0 saturated carbocycles. The van der Waals surface area contributed by atoms with Crippen LogP contribution >= 0.6 is 0 Å². The van der Waals surface area contributed by atoms with E-state index in [1.54, 1.807) is 50.2 Å². The monoisotopic (exact) mass is 634 g/mol. The summed E-state index contributed by atoms with van der Waals surface area (Å²) < 4.78 is 15.5. The summed E-state index contributed by atoms with van der Waals surface area (Å²) in [6.07, 6.45) is -0.278. The normalized spacial score (nSPS) is 11.8. The molecule has 10 heteroatoms. The van der Waals surface area contributed by atoms with Crippen molar-refractivity contribution in [1.82, 2.24) is 10.2 Å².